The maximum atomic E-state index is 5.99. The molecule has 0 fully saturated rings. The van der Waals surface area contributed by atoms with Crippen LogP contribution in [0.4, 0.5) is 0 Å². The lowest BCUT2D eigenvalue weighted by atomic mass is 10.4. The maximum absolute atomic E-state index is 5.99. The third kappa shape index (κ3) is 4.37. The van der Waals surface area contributed by atoms with E-state index in [1.807, 2.05) is 6.07 Å². The molecule has 0 saturated carbocycles. The van der Waals surface area contributed by atoms with E-state index in [9.17, 15) is 0 Å². The van der Waals surface area contributed by atoms with Crippen molar-refractivity contribution in [2.24, 2.45) is 0 Å². The van der Waals surface area contributed by atoms with Gasteiger partial charge in [0.15, 0.2) is 0 Å². The summed E-state index contributed by atoms with van der Waals surface area (Å²) in [6.07, 6.45) is 1.75. The predicted octanol–water partition coefficient (Wildman–Crippen LogP) is 3.37. The Morgan fingerprint density at radius 3 is 1.21 bits per heavy atom. The molecule has 0 amide bonds. The number of rotatable bonds is 13. The van der Waals surface area contributed by atoms with Crippen LogP contribution in [0, 0.1) is 0 Å². The fraction of sp³-hybridized carbons (Fsp3) is 0.684. The third-order valence-electron chi connectivity index (χ3n) is 6.22. The van der Waals surface area contributed by atoms with Crippen molar-refractivity contribution in [3.8, 4) is 0 Å². The largest absolute Gasteiger partial charge is 0.500 e. The first-order valence-corrected chi connectivity index (χ1v) is 16.0. The summed E-state index contributed by atoms with van der Waals surface area (Å²) in [7, 11) is 1.85. The second-order valence-electron chi connectivity index (χ2n) is 7.00. The molecule has 1 aromatic rings. The Bertz CT molecular complexity index is 522. The van der Waals surface area contributed by atoms with Gasteiger partial charge in [0.2, 0.25) is 0 Å². The van der Waals surface area contributed by atoms with Gasteiger partial charge in [-0.3, -0.25) is 0 Å². The van der Waals surface area contributed by atoms with Crippen molar-refractivity contribution >= 4 is 30.9 Å². The molecule has 9 heteroatoms. The molecule has 0 spiro atoms. The summed E-state index contributed by atoms with van der Waals surface area (Å²) in [6, 6.07) is 10.6. The summed E-state index contributed by atoms with van der Waals surface area (Å²) in [5, 5.41) is 1.53. The molecule has 2 unspecified atom stereocenters. The number of benzene rings is 1. The molecule has 0 aliphatic heterocycles. The van der Waals surface area contributed by atoms with E-state index < -0.39 is 25.7 Å². The van der Waals surface area contributed by atoms with Gasteiger partial charge < -0.3 is 26.6 Å². The van der Waals surface area contributed by atoms with E-state index in [1.165, 1.54) is 5.19 Å². The summed E-state index contributed by atoms with van der Waals surface area (Å²) in [5.41, 5.74) is 0. The fourth-order valence-electron chi connectivity index (χ4n) is 4.88. The van der Waals surface area contributed by atoms with Crippen LogP contribution >= 0.6 is 0 Å². The van der Waals surface area contributed by atoms with E-state index >= 15 is 0 Å². The van der Waals surface area contributed by atoms with Crippen molar-refractivity contribution in [1.29, 1.82) is 0 Å². The number of hydrogen-bond donors (Lipinski definition) is 0. The van der Waals surface area contributed by atoms with Crippen LogP contribution in [0.1, 0.15) is 26.7 Å². The smallest absolute Gasteiger partial charge is 0.377 e. The van der Waals surface area contributed by atoms with Crippen molar-refractivity contribution in [3.63, 3.8) is 0 Å². The Kier molecular flexibility index (Phi) is 10.2. The van der Waals surface area contributed by atoms with E-state index in [4.69, 9.17) is 26.6 Å². The highest BCUT2D eigenvalue weighted by Gasteiger charge is 2.65. The van der Waals surface area contributed by atoms with Crippen LogP contribution in [0.3, 0.4) is 0 Å². The average molecular weight is 447 g/mol. The molecule has 0 aliphatic rings. The quantitative estimate of drug-likeness (QED) is 0.433. The van der Waals surface area contributed by atoms with E-state index in [-0.39, 0.29) is 10.3 Å². The highest BCUT2D eigenvalue weighted by atomic mass is 28.5. The van der Waals surface area contributed by atoms with Crippen molar-refractivity contribution in [2.75, 3.05) is 42.7 Å². The van der Waals surface area contributed by atoms with E-state index in [1.54, 1.807) is 42.7 Å². The standard InChI is InChI=1S/C19H38O6Si3/c1-10-18(27(20-3,21-4)22-5)26(9,17-15-13-12-14-16-17)19(11-2)28(23-6,24-7)25-8/h12-16,18-19H,10-11H2,1-9H3. The van der Waals surface area contributed by atoms with E-state index in [2.05, 4.69) is 44.7 Å². The predicted molar refractivity (Wildman–Crippen MR) is 119 cm³/mol. The Morgan fingerprint density at radius 2 is 0.964 bits per heavy atom. The van der Waals surface area contributed by atoms with Crippen molar-refractivity contribution < 1.29 is 26.6 Å². The number of hydrogen-bond acceptors (Lipinski definition) is 6. The Labute approximate surface area is 174 Å². The van der Waals surface area contributed by atoms with Gasteiger partial charge in [-0.2, -0.15) is 0 Å². The first kappa shape index (κ1) is 25.7. The van der Waals surface area contributed by atoms with Crippen molar-refractivity contribution in [3.05, 3.63) is 30.3 Å². The first-order chi connectivity index (χ1) is 13.4. The zero-order valence-corrected chi connectivity index (χ0v) is 21.9. The van der Waals surface area contributed by atoms with Gasteiger partial charge in [-0.25, -0.2) is 0 Å². The second kappa shape index (κ2) is 11.1. The van der Waals surface area contributed by atoms with Crippen LogP contribution in [-0.2, 0) is 26.6 Å². The molecule has 162 valence electrons. The Balaban J connectivity index is 3.84. The van der Waals surface area contributed by atoms with Gasteiger partial charge in [0.1, 0.15) is 8.07 Å². The molecule has 2 atom stereocenters. The molecule has 0 heterocycles. The summed E-state index contributed by atoms with van der Waals surface area (Å²) in [6.45, 7) is 6.74. The van der Waals surface area contributed by atoms with Crippen molar-refractivity contribution in [1.82, 2.24) is 0 Å². The molecular weight excluding hydrogens is 408 g/mol. The van der Waals surface area contributed by atoms with Gasteiger partial charge in [0, 0.05) is 53.0 Å². The van der Waals surface area contributed by atoms with Crippen LogP contribution in [0.5, 0.6) is 0 Å². The van der Waals surface area contributed by atoms with Crippen LogP contribution in [0.2, 0.25) is 16.9 Å². The Hall–Kier alpha value is -0.369. The summed E-state index contributed by atoms with van der Waals surface area (Å²) >= 11 is 0. The van der Waals surface area contributed by atoms with Crippen LogP contribution in [0.25, 0.3) is 0 Å². The molecular formula is C19H38O6Si3. The minimum Gasteiger partial charge on any atom is -0.377 e. The molecule has 1 aromatic carbocycles. The Morgan fingerprint density at radius 1 is 0.643 bits per heavy atom. The molecule has 6 nitrogen and oxygen atoms in total. The molecule has 0 bridgehead atoms. The molecule has 1 rings (SSSR count). The molecule has 0 aromatic heterocycles. The minimum absolute atomic E-state index is 0.111. The first-order valence-electron chi connectivity index (χ1n) is 9.72. The lowest BCUT2D eigenvalue weighted by Crippen LogP contribution is -2.69. The monoisotopic (exact) mass is 446 g/mol. The normalized spacial score (nSPS) is 17.2. The third-order valence-corrected chi connectivity index (χ3v) is 23.2. The molecule has 28 heavy (non-hydrogen) atoms. The second-order valence-corrected chi connectivity index (χ2v) is 19.0. The van der Waals surface area contributed by atoms with Gasteiger partial charge >= 0.3 is 17.6 Å². The lowest BCUT2D eigenvalue weighted by Gasteiger charge is -2.49. The average Bonchev–Trinajstić information content (AvgIpc) is 2.76. The maximum Gasteiger partial charge on any atom is 0.500 e. The molecule has 0 saturated heterocycles. The molecule has 0 radical (unpaired) electrons. The molecule has 0 aliphatic carbocycles. The van der Waals surface area contributed by atoms with E-state index in [0.717, 1.165) is 12.8 Å². The molecule has 0 N–H and O–H groups in total. The zero-order valence-electron chi connectivity index (χ0n) is 18.9. The fourth-order valence-corrected chi connectivity index (χ4v) is 23.2. The van der Waals surface area contributed by atoms with Crippen LogP contribution in [-0.4, -0.2) is 68.3 Å². The van der Waals surface area contributed by atoms with Crippen LogP contribution < -0.4 is 5.19 Å². The van der Waals surface area contributed by atoms with Gasteiger partial charge in [-0.1, -0.05) is 68.8 Å². The SMILES string of the molecule is CCC([Si](OC)(OC)OC)[Si](C)(c1ccccc1)C(CC)[Si](OC)(OC)OC. The topological polar surface area (TPSA) is 55.4 Å². The summed E-state index contributed by atoms with van der Waals surface area (Å²) in [5.74, 6) is 0. The van der Waals surface area contributed by atoms with Gasteiger partial charge in [0.05, 0.1) is 0 Å². The summed E-state index contributed by atoms with van der Waals surface area (Å²) in [4.78, 5) is 0. The van der Waals surface area contributed by atoms with E-state index in [0.29, 0.717) is 0 Å². The van der Waals surface area contributed by atoms with Crippen LogP contribution in [0.15, 0.2) is 30.3 Å². The highest BCUT2D eigenvalue weighted by Crippen LogP contribution is 2.47. The minimum atomic E-state index is -2.94. The summed E-state index contributed by atoms with van der Waals surface area (Å²) < 4.78 is 35.9. The lowest BCUT2D eigenvalue weighted by molar-refractivity contribution is 0.113. The van der Waals surface area contributed by atoms with Gasteiger partial charge in [-0.15, -0.1) is 0 Å². The zero-order chi connectivity index (χ0) is 21.4. The van der Waals surface area contributed by atoms with Crippen molar-refractivity contribution in [2.45, 2.75) is 43.6 Å². The van der Waals surface area contributed by atoms with Gasteiger partial charge in [-0.05, 0) is 0 Å². The highest BCUT2D eigenvalue weighted by molar-refractivity contribution is 7.07. The van der Waals surface area contributed by atoms with Gasteiger partial charge in [0.25, 0.3) is 0 Å².